The van der Waals surface area contributed by atoms with Crippen molar-refractivity contribution in [2.75, 3.05) is 13.2 Å². The van der Waals surface area contributed by atoms with Crippen LogP contribution in [0.4, 0.5) is 0 Å². The van der Waals surface area contributed by atoms with Crippen LogP contribution < -0.4 is 4.74 Å². The van der Waals surface area contributed by atoms with Crippen molar-refractivity contribution in [3.05, 3.63) is 28.8 Å². The zero-order chi connectivity index (χ0) is 22.3. The molecule has 0 atom stereocenters. The largest absolute Gasteiger partial charge is 0.482 e. The van der Waals surface area contributed by atoms with Gasteiger partial charge in [-0.3, -0.25) is 4.79 Å². The van der Waals surface area contributed by atoms with Crippen LogP contribution in [0.15, 0.2) is 23.4 Å². The maximum absolute atomic E-state index is 12.1. The van der Waals surface area contributed by atoms with Crippen LogP contribution in [0.2, 0.25) is 5.02 Å². The summed E-state index contributed by atoms with van der Waals surface area (Å²) in [7, 11) is 0. The summed E-state index contributed by atoms with van der Waals surface area (Å²) in [5, 5.41) is 4.70. The lowest BCUT2D eigenvalue weighted by Gasteiger charge is -2.10. The van der Waals surface area contributed by atoms with Crippen molar-refractivity contribution < 1.29 is 23.9 Å². The Bertz CT molecular complexity index is 735. The molecule has 0 N–H and O–H groups in total. The summed E-state index contributed by atoms with van der Waals surface area (Å²) in [5.74, 6) is -0.104. The Labute approximate surface area is 190 Å². The first-order valence-corrected chi connectivity index (χ1v) is 11.7. The average molecular weight is 452 g/mol. The number of carbonyl (C=O) groups excluding carboxylic acids is 2. The van der Waals surface area contributed by atoms with E-state index in [1.807, 2.05) is 6.92 Å². The number of carbonyl (C=O) groups is 2. The highest BCUT2D eigenvalue weighted by atomic mass is 35.5. The molecule has 31 heavy (non-hydrogen) atoms. The van der Waals surface area contributed by atoms with Crippen molar-refractivity contribution in [2.45, 2.75) is 84.0 Å². The van der Waals surface area contributed by atoms with Gasteiger partial charge in [-0.1, -0.05) is 55.3 Å². The molecule has 0 radical (unpaired) electrons. The van der Waals surface area contributed by atoms with E-state index in [9.17, 15) is 9.59 Å². The lowest BCUT2D eigenvalue weighted by Crippen LogP contribution is -2.14. The van der Waals surface area contributed by atoms with Crippen LogP contribution in [0.1, 0.15) is 82.6 Å². The molecule has 0 amide bonds. The molecular formula is C24H34ClNO5. The molecule has 1 aromatic carbocycles. The molecule has 0 aromatic heterocycles. The summed E-state index contributed by atoms with van der Waals surface area (Å²) in [4.78, 5) is 28.9. The summed E-state index contributed by atoms with van der Waals surface area (Å²) in [6, 6.07) is 5.20. The first-order valence-electron chi connectivity index (χ1n) is 11.3. The predicted octanol–water partition coefficient (Wildman–Crippen LogP) is 6.16. The Morgan fingerprint density at radius 3 is 2.35 bits per heavy atom. The number of ether oxygens (including phenoxy) is 2. The molecule has 0 aliphatic carbocycles. The predicted molar refractivity (Wildman–Crippen MR) is 122 cm³/mol. The molecule has 1 heterocycles. The number of cyclic esters (lactones) is 1. The third-order valence-electron chi connectivity index (χ3n) is 5.23. The number of hydrogen-bond acceptors (Lipinski definition) is 6. The number of oxime groups is 1. The monoisotopic (exact) mass is 451 g/mol. The van der Waals surface area contributed by atoms with Crippen molar-refractivity contribution >= 4 is 29.3 Å². The van der Waals surface area contributed by atoms with Gasteiger partial charge in [0.25, 0.3) is 0 Å². The van der Waals surface area contributed by atoms with Crippen LogP contribution >= 0.6 is 11.6 Å². The van der Waals surface area contributed by atoms with E-state index >= 15 is 0 Å². The highest BCUT2D eigenvalue weighted by Crippen LogP contribution is 2.21. The van der Waals surface area contributed by atoms with Crippen LogP contribution in [-0.4, -0.2) is 30.9 Å². The molecule has 172 valence electrons. The molecular weight excluding hydrogens is 418 g/mol. The van der Waals surface area contributed by atoms with Gasteiger partial charge in [0, 0.05) is 11.4 Å². The van der Waals surface area contributed by atoms with Crippen molar-refractivity contribution in [1.82, 2.24) is 0 Å². The van der Waals surface area contributed by atoms with Gasteiger partial charge >= 0.3 is 11.9 Å². The van der Waals surface area contributed by atoms with Gasteiger partial charge in [0.05, 0.1) is 12.3 Å². The molecule has 0 bridgehead atoms. The molecule has 1 fully saturated rings. The van der Waals surface area contributed by atoms with E-state index in [2.05, 4.69) is 5.16 Å². The minimum atomic E-state index is -0.555. The maximum atomic E-state index is 12.1. The third kappa shape index (κ3) is 11.2. The minimum absolute atomic E-state index is 0.133. The molecule has 1 aliphatic rings. The molecule has 2 rings (SSSR count). The number of rotatable bonds is 4. The van der Waals surface area contributed by atoms with Crippen molar-refractivity contribution in [2.24, 2.45) is 5.16 Å². The van der Waals surface area contributed by atoms with Crippen molar-refractivity contribution in [1.29, 1.82) is 0 Å². The Balaban J connectivity index is 1.82. The van der Waals surface area contributed by atoms with Crippen LogP contribution in [-0.2, 0) is 19.2 Å². The molecule has 0 saturated carbocycles. The summed E-state index contributed by atoms with van der Waals surface area (Å²) >= 11 is 5.93. The van der Waals surface area contributed by atoms with Gasteiger partial charge in [0.2, 0.25) is 0 Å². The summed E-state index contributed by atoms with van der Waals surface area (Å²) in [6.45, 7) is 2.00. The number of halogens is 1. The first-order chi connectivity index (χ1) is 15.0. The summed E-state index contributed by atoms with van der Waals surface area (Å²) < 4.78 is 10.8. The highest BCUT2D eigenvalue weighted by Gasteiger charge is 2.10. The van der Waals surface area contributed by atoms with Crippen molar-refractivity contribution in [3.63, 3.8) is 0 Å². The summed E-state index contributed by atoms with van der Waals surface area (Å²) in [6.07, 6.45) is 11.5. The standard InChI is InChI=1S/C24H34ClNO5/c1-19-17-20(25)14-15-22(19)30-18-24(28)31-26-21-11-8-6-4-2-3-5-7-9-13-23(27)29-16-10-12-21/h14-15,17H,2-13,16,18H2,1H3/b26-21+. The van der Waals surface area contributed by atoms with Gasteiger partial charge < -0.3 is 14.3 Å². The molecule has 7 heteroatoms. The van der Waals surface area contributed by atoms with Crippen molar-refractivity contribution in [3.8, 4) is 5.75 Å². The zero-order valence-corrected chi connectivity index (χ0v) is 19.3. The number of hydrogen-bond donors (Lipinski definition) is 0. The zero-order valence-electron chi connectivity index (χ0n) is 18.5. The van der Waals surface area contributed by atoms with E-state index in [0.29, 0.717) is 36.6 Å². The Hall–Kier alpha value is -2.08. The first kappa shape index (κ1) is 25.2. The second-order valence-corrected chi connectivity index (χ2v) is 8.41. The van der Waals surface area contributed by atoms with Crippen LogP contribution in [0, 0.1) is 6.92 Å². The molecule has 0 spiro atoms. The molecule has 0 unspecified atom stereocenters. The van der Waals surface area contributed by atoms with E-state index in [1.54, 1.807) is 18.2 Å². The number of nitrogens with zero attached hydrogens (tertiary/aromatic N) is 1. The normalized spacial score (nSPS) is 18.9. The summed E-state index contributed by atoms with van der Waals surface area (Å²) in [5.41, 5.74) is 1.66. The SMILES string of the molecule is Cc1cc(Cl)ccc1OCC(=O)O/N=C1\CCCCCCCCCCC(=O)OCCC1. The van der Waals surface area contributed by atoms with Gasteiger partial charge in [-0.15, -0.1) is 0 Å². The van der Waals surface area contributed by atoms with E-state index in [4.69, 9.17) is 25.9 Å². The second kappa shape index (κ2) is 14.8. The minimum Gasteiger partial charge on any atom is -0.482 e. The van der Waals surface area contributed by atoms with E-state index in [1.165, 1.54) is 25.7 Å². The maximum Gasteiger partial charge on any atom is 0.372 e. The van der Waals surface area contributed by atoms with Crippen LogP contribution in [0.25, 0.3) is 0 Å². The van der Waals surface area contributed by atoms with Crippen LogP contribution in [0.3, 0.4) is 0 Å². The fraction of sp³-hybridized carbons (Fsp3) is 0.625. The lowest BCUT2D eigenvalue weighted by molar-refractivity contribution is -0.146. The van der Waals surface area contributed by atoms with Gasteiger partial charge in [-0.2, -0.15) is 0 Å². The van der Waals surface area contributed by atoms with Crippen LogP contribution in [0.5, 0.6) is 5.75 Å². The topological polar surface area (TPSA) is 74.2 Å². The van der Waals surface area contributed by atoms with Gasteiger partial charge in [0.1, 0.15) is 5.75 Å². The molecule has 6 nitrogen and oxygen atoms in total. The lowest BCUT2D eigenvalue weighted by atomic mass is 10.0. The Morgan fingerprint density at radius 2 is 1.65 bits per heavy atom. The van der Waals surface area contributed by atoms with Gasteiger partial charge in [-0.25, -0.2) is 4.79 Å². The second-order valence-electron chi connectivity index (χ2n) is 7.97. The number of benzene rings is 1. The number of esters is 1. The highest BCUT2D eigenvalue weighted by molar-refractivity contribution is 6.30. The van der Waals surface area contributed by atoms with E-state index in [-0.39, 0.29) is 12.6 Å². The Morgan fingerprint density at radius 1 is 1.00 bits per heavy atom. The fourth-order valence-electron chi connectivity index (χ4n) is 3.46. The quantitative estimate of drug-likeness (QED) is 0.311. The third-order valence-corrected chi connectivity index (χ3v) is 5.46. The van der Waals surface area contributed by atoms with Gasteiger partial charge in [-0.05, 0) is 62.8 Å². The van der Waals surface area contributed by atoms with E-state index < -0.39 is 5.97 Å². The molecule has 1 aliphatic heterocycles. The fourth-order valence-corrected chi connectivity index (χ4v) is 3.69. The number of aryl methyl sites for hydroxylation is 1. The smallest absolute Gasteiger partial charge is 0.372 e. The average Bonchev–Trinajstić information content (AvgIpc) is 2.74. The van der Waals surface area contributed by atoms with Gasteiger partial charge in [0.15, 0.2) is 6.61 Å². The molecule has 1 aromatic rings. The van der Waals surface area contributed by atoms with E-state index in [0.717, 1.165) is 43.4 Å². The molecule has 1 saturated heterocycles. The Kier molecular flexibility index (Phi) is 12.1.